The molecule has 2 aromatic heterocycles. The molecule has 96 valence electrons. The van der Waals surface area contributed by atoms with Crippen LogP contribution in [-0.2, 0) is 6.54 Å². The molecule has 0 saturated carbocycles. The fourth-order valence-electron chi connectivity index (χ4n) is 2.61. The summed E-state index contributed by atoms with van der Waals surface area (Å²) >= 11 is 0. The van der Waals surface area contributed by atoms with Crippen LogP contribution >= 0.6 is 0 Å². The van der Waals surface area contributed by atoms with E-state index in [1.54, 1.807) is 0 Å². The number of aromatic nitrogens is 2. The van der Waals surface area contributed by atoms with Gasteiger partial charge in [0.2, 0.25) is 0 Å². The molecular formula is C17H18N2. The molecule has 0 aliphatic carbocycles. The highest BCUT2D eigenvalue weighted by Gasteiger charge is 2.11. The molecule has 2 nitrogen and oxygen atoms in total. The van der Waals surface area contributed by atoms with Crippen LogP contribution in [0.4, 0.5) is 0 Å². The highest BCUT2D eigenvalue weighted by atomic mass is 15.0. The molecule has 0 bridgehead atoms. The van der Waals surface area contributed by atoms with E-state index < -0.39 is 0 Å². The van der Waals surface area contributed by atoms with Gasteiger partial charge in [-0.25, -0.2) is 4.98 Å². The summed E-state index contributed by atoms with van der Waals surface area (Å²) in [4.78, 5) is 4.66. The van der Waals surface area contributed by atoms with E-state index in [0.29, 0.717) is 0 Å². The summed E-state index contributed by atoms with van der Waals surface area (Å²) in [6.45, 7) is 9.23. The minimum absolute atomic E-state index is 1.00. The second-order valence-electron chi connectivity index (χ2n) is 5.04. The van der Waals surface area contributed by atoms with Gasteiger partial charge in [0, 0.05) is 23.5 Å². The number of rotatable bonds is 3. The van der Waals surface area contributed by atoms with Gasteiger partial charge in [-0.15, -0.1) is 0 Å². The maximum atomic E-state index is 4.66. The van der Waals surface area contributed by atoms with Gasteiger partial charge in [-0.05, 0) is 36.6 Å². The maximum Gasteiger partial charge on any atom is 0.140 e. The molecule has 0 atom stereocenters. The summed E-state index contributed by atoms with van der Waals surface area (Å²) < 4.78 is 2.31. The molecule has 1 aromatic carbocycles. The van der Waals surface area contributed by atoms with Gasteiger partial charge in [0.05, 0.1) is 5.52 Å². The Bertz CT molecular complexity index is 765. The Morgan fingerprint density at radius 3 is 2.79 bits per heavy atom. The lowest BCUT2D eigenvalue weighted by Gasteiger charge is -2.04. The molecule has 0 N–H and O–H groups in total. The molecule has 0 saturated heterocycles. The number of allylic oxidation sites excluding steroid dienone is 1. The SMILES string of the molecule is C=C(C)c1cnc2c(c1)c1ccccc1n2CCC. The lowest BCUT2D eigenvalue weighted by Crippen LogP contribution is -1.97. The first-order valence-electron chi connectivity index (χ1n) is 6.75. The molecule has 0 fully saturated rings. The molecule has 0 amide bonds. The number of benzene rings is 1. The van der Waals surface area contributed by atoms with Crippen molar-refractivity contribution >= 4 is 27.5 Å². The van der Waals surface area contributed by atoms with Crippen molar-refractivity contribution in [3.8, 4) is 0 Å². The molecule has 19 heavy (non-hydrogen) atoms. The van der Waals surface area contributed by atoms with Gasteiger partial charge in [-0.3, -0.25) is 0 Å². The van der Waals surface area contributed by atoms with Gasteiger partial charge in [-0.1, -0.05) is 31.7 Å². The Kier molecular flexibility index (Phi) is 2.86. The van der Waals surface area contributed by atoms with E-state index in [9.17, 15) is 0 Å². The lowest BCUT2D eigenvalue weighted by atomic mass is 10.1. The number of hydrogen-bond acceptors (Lipinski definition) is 1. The summed E-state index contributed by atoms with van der Waals surface area (Å²) in [6.07, 6.45) is 3.04. The van der Waals surface area contributed by atoms with Crippen LogP contribution < -0.4 is 0 Å². The van der Waals surface area contributed by atoms with E-state index in [1.165, 1.54) is 16.3 Å². The Labute approximate surface area is 113 Å². The molecule has 2 heterocycles. The van der Waals surface area contributed by atoms with Crippen molar-refractivity contribution in [1.82, 2.24) is 9.55 Å². The first kappa shape index (κ1) is 12.0. The molecule has 3 aromatic rings. The molecular weight excluding hydrogens is 232 g/mol. The summed E-state index contributed by atoms with van der Waals surface area (Å²) in [5.74, 6) is 0. The lowest BCUT2D eigenvalue weighted by molar-refractivity contribution is 0.718. The summed E-state index contributed by atoms with van der Waals surface area (Å²) in [6, 6.07) is 10.7. The second-order valence-corrected chi connectivity index (χ2v) is 5.04. The second kappa shape index (κ2) is 4.54. The quantitative estimate of drug-likeness (QED) is 0.662. The van der Waals surface area contributed by atoms with Crippen molar-refractivity contribution in [1.29, 1.82) is 0 Å². The fraction of sp³-hybridized carbons (Fsp3) is 0.235. The number of nitrogens with zero attached hydrogens (tertiary/aromatic N) is 2. The summed E-state index contributed by atoms with van der Waals surface area (Å²) in [7, 11) is 0. The van der Waals surface area contributed by atoms with Crippen molar-refractivity contribution in [2.75, 3.05) is 0 Å². The molecule has 0 unspecified atom stereocenters. The predicted molar refractivity (Wildman–Crippen MR) is 82.2 cm³/mol. The van der Waals surface area contributed by atoms with Gasteiger partial charge in [0.25, 0.3) is 0 Å². The zero-order chi connectivity index (χ0) is 13.4. The smallest absolute Gasteiger partial charge is 0.140 e. The van der Waals surface area contributed by atoms with Crippen LogP contribution in [0, 0.1) is 0 Å². The van der Waals surface area contributed by atoms with E-state index >= 15 is 0 Å². The summed E-state index contributed by atoms with van der Waals surface area (Å²) in [5, 5.41) is 2.51. The van der Waals surface area contributed by atoms with Crippen LogP contribution in [0.1, 0.15) is 25.8 Å². The topological polar surface area (TPSA) is 17.8 Å². The largest absolute Gasteiger partial charge is 0.325 e. The molecule has 0 aliphatic heterocycles. The molecule has 3 rings (SSSR count). The van der Waals surface area contributed by atoms with Crippen LogP contribution in [0.15, 0.2) is 43.1 Å². The minimum atomic E-state index is 1.00. The zero-order valence-electron chi connectivity index (χ0n) is 11.5. The van der Waals surface area contributed by atoms with Crippen molar-refractivity contribution in [2.45, 2.75) is 26.8 Å². The summed E-state index contributed by atoms with van der Waals surface area (Å²) in [5.41, 5.74) is 4.52. The van der Waals surface area contributed by atoms with Crippen molar-refractivity contribution in [3.63, 3.8) is 0 Å². The van der Waals surface area contributed by atoms with E-state index in [0.717, 1.165) is 29.7 Å². The Balaban J connectivity index is 2.41. The van der Waals surface area contributed by atoms with Crippen LogP contribution in [0.5, 0.6) is 0 Å². The average Bonchev–Trinajstić information content (AvgIpc) is 2.74. The van der Waals surface area contributed by atoms with E-state index in [2.05, 4.69) is 53.4 Å². The highest BCUT2D eigenvalue weighted by molar-refractivity contribution is 6.07. The first-order valence-corrected chi connectivity index (χ1v) is 6.75. The maximum absolute atomic E-state index is 4.66. The van der Waals surface area contributed by atoms with Gasteiger partial charge in [-0.2, -0.15) is 0 Å². The van der Waals surface area contributed by atoms with Gasteiger partial charge >= 0.3 is 0 Å². The van der Waals surface area contributed by atoms with Crippen molar-refractivity contribution in [3.05, 3.63) is 48.7 Å². The van der Waals surface area contributed by atoms with Crippen molar-refractivity contribution < 1.29 is 0 Å². The molecule has 0 aliphatic rings. The molecule has 0 radical (unpaired) electrons. The average molecular weight is 250 g/mol. The minimum Gasteiger partial charge on any atom is -0.325 e. The van der Waals surface area contributed by atoms with E-state index in [1.807, 2.05) is 13.1 Å². The monoisotopic (exact) mass is 250 g/mol. The number of hydrogen-bond donors (Lipinski definition) is 0. The van der Waals surface area contributed by atoms with Gasteiger partial charge in [0.15, 0.2) is 0 Å². The predicted octanol–water partition coefficient (Wildman–Crippen LogP) is 4.63. The Morgan fingerprint density at radius 1 is 1.26 bits per heavy atom. The third-order valence-corrected chi connectivity index (χ3v) is 3.55. The fourth-order valence-corrected chi connectivity index (χ4v) is 2.61. The molecule has 0 spiro atoms. The van der Waals surface area contributed by atoms with Crippen molar-refractivity contribution in [2.24, 2.45) is 0 Å². The number of para-hydroxylation sites is 1. The normalized spacial score (nSPS) is 11.3. The standard InChI is InChI=1S/C17H18N2/c1-4-9-19-16-8-6-5-7-14(16)15-10-13(12(2)3)11-18-17(15)19/h5-8,10-11H,2,4,9H2,1,3H3. The van der Waals surface area contributed by atoms with E-state index in [4.69, 9.17) is 0 Å². The number of aryl methyl sites for hydroxylation is 1. The number of fused-ring (bicyclic) bond motifs is 3. The highest BCUT2D eigenvalue weighted by Crippen LogP contribution is 2.29. The molecule has 2 heteroatoms. The van der Waals surface area contributed by atoms with Crippen LogP contribution in [0.25, 0.3) is 27.5 Å². The third kappa shape index (κ3) is 1.84. The number of pyridine rings is 1. The Hall–Kier alpha value is -2.09. The van der Waals surface area contributed by atoms with Gasteiger partial charge in [0.1, 0.15) is 5.65 Å². The van der Waals surface area contributed by atoms with E-state index in [-0.39, 0.29) is 0 Å². The zero-order valence-corrected chi connectivity index (χ0v) is 11.5. The van der Waals surface area contributed by atoms with Crippen LogP contribution in [0.3, 0.4) is 0 Å². The Morgan fingerprint density at radius 2 is 2.05 bits per heavy atom. The van der Waals surface area contributed by atoms with Crippen LogP contribution in [0.2, 0.25) is 0 Å². The third-order valence-electron chi connectivity index (χ3n) is 3.55. The van der Waals surface area contributed by atoms with Crippen LogP contribution in [-0.4, -0.2) is 9.55 Å². The van der Waals surface area contributed by atoms with Gasteiger partial charge < -0.3 is 4.57 Å². The first-order chi connectivity index (χ1) is 9.22.